The van der Waals surface area contributed by atoms with Gasteiger partial charge in [0.15, 0.2) is 5.65 Å². The number of nitriles is 1. The van der Waals surface area contributed by atoms with Gasteiger partial charge in [-0.1, -0.05) is 18.2 Å². The fourth-order valence-electron chi connectivity index (χ4n) is 5.57. The molecule has 0 bridgehead atoms. The molecule has 3 heterocycles. The molecule has 1 saturated carbocycles. The Labute approximate surface area is 227 Å². The number of aromatic nitrogens is 4. The van der Waals surface area contributed by atoms with Crippen molar-refractivity contribution in [2.45, 2.75) is 75.9 Å². The number of carboxylic acid groups (broad SMARTS) is 1. The summed E-state index contributed by atoms with van der Waals surface area (Å²) in [5.41, 5.74) is 0.980. The molecule has 0 spiro atoms. The molecule has 0 aliphatic heterocycles. The lowest BCUT2D eigenvalue weighted by Crippen LogP contribution is -2.45. The van der Waals surface area contributed by atoms with Crippen molar-refractivity contribution in [2.24, 2.45) is 5.92 Å². The number of amides is 1. The molecule has 0 atom stereocenters. The Bertz CT molecular complexity index is 1670. The third-order valence-electron chi connectivity index (χ3n) is 7.60. The van der Waals surface area contributed by atoms with E-state index in [1.54, 1.807) is 42.6 Å². The highest BCUT2D eigenvalue weighted by Gasteiger charge is 2.32. The number of benzene rings is 1. The zero-order chi connectivity index (χ0) is 27.9. The van der Waals surface area contributed by atoms with E-state index in [9.17, 15) is 18.3 Å². The van der Waals surface area contributed by atoms with Gasteiger partial charge in [0.05, 0.1) is 29.2 Å². The summed E-state index contributed by atoms with van der Waals surface area (Å²) in [6.45, 7) is 5.61. The lowest BCUT2D eigenvalue weighted by atomic mass is 9.84. The molecule has 1 aromatic carbocycles. The molecule has 1 aliphatic rings. The summed E-state index contributed by atoms with van der Waals surface area (Å²) in [4.78, 5) is 23.1. The van der Waals surface area contributed by atoms with Crippen LogP contribution < -0.4 is 0 Å². The zero-order valence-corrected chi connectivity index (χ0v) is 23.1. The number of imidazole rings is 1. The van der Waals surface area contributed by atoms with E-state index in [-0.39, 0.29) is 17.5 Å². The van der Waals surface area contributed by atoms with Crippen LogP contribution in [0.15, 0.2) is 53.7 Å². The molecule has 1 N–H and O–H groups in total. The second kappa shape index (κ2) is 10.0. The van der Waals surface area contributed by atoms with Crippen LogP contribution in [0.3, 0.4) is 0 Å². The maximum Gasteiger partial charge on any atom is 0.408 e. The molecule has 1 fully saturated rings. The summed E-state index contributed by atoms with van der Waals surface area (Å²) in [6, 6.07) is 12.3. The average Bonchev–Trinajstić information content (AvgIpc) is 3.49. The van der Waals surface area contributed by atoms with Crippen LogP contribution in [0.25, 0.3) is 22.1 Å². The van der Waals surface area contributed by atoms with Gasteiger partial charge in [-0.05, 0) is 70.6 Å². The Balaban J connectivity index is 1.68. The molecule has 0 saturated heterocycles. The van der Waals surface area contributed by atoms with Gasteiger partial charge in [0, 0.05) is 29.6 Å². The fourth-order valence-corrected chi connectivity index (χ4v) is 6.89. The molecular formula is C28H32N6O4S. The summed E-state index contributed by atoms with van der Waals surface area (Å²) in [5.74, 6) is 0.937. The number of carbonyl (C=O) groups is 1. The largest absolute Gasteiger partial charge is 0.465 e. The molecule has 1 amide bonds. The van der Waals surface area contributed by atoms with Crippen molar-refractivity contribution in [3.05, 3.63) is 54.6 Å². The predicted molar refractivity (Wildman–Crippen MR) is 147 cm³/mol. The lowest BCUT2D eigenvalue weighted by Gasteiger charge is -2.34. The highest BCUT2D eigenvalue weighted by atomic mass is 32.2. The normalized spacial score (nSPS) is 18.3. The third kappa shape index (κ3) is 4.85. The van der Waals surface area contributed by atoms with E-state index in [0.717, 1.165) is 31.2 Å². The minimum absolute atomic E-state index is 0.0373. The van der Waals surface area contributed by atoms with Crippen molar-refractivity contribution in [3.63, 3.8) is 0 Å². The lowest BCUT2D eigenvalue weighted by molar-refractivity contribution is 0.0922. The molecule has 3 aromatic heterocycles. The number of pyridine rings is 1. The van der Waals surface area contributed by atoms with Crippen LogP contribution in [0.4, 0.5) is 4.79 Å². The standard InChI is InChI=1S/C28H32N6O4S/c1-28(2,3)32(27(35)36)18-24-31-23-17-30-26-22(14-16-33(26)39(37,38)21-7-5-4-6-8-21)25(23)34(24)20-11-9-19(10-12-20)13-15-29/h4-8,14,16-17,19-20H,9-13,18H2,1-3H3,(H,35,36)/t19-,20-. The average molecular weight is 549 g/mol. The maximum absolute atomic E-state index is 13.5. The van der Waals surface area contributed by atoms with Crippen LogP contribution in [-0.4, -0.2) is 48.6 Å². The van der Waals surface area contributed by atoms with Crippen molar-refractivity contribution in [2.75, 3.05) is 0 Å². The topological polar surface area (TPSA) is 134 Å². The maximum atomic E-state index is 13.5. The molecule has 39 heavy (non-hydrogen) atoms. The Morgan fingerprint density at radius 3 is 2.46 bits per heavy atom. The van der Waals surface area contributed by atoms with Crippen molar-refractivity contribution in [1.29, 1.82) is 5.26 Å². The summed E-state index contributed by atoms with van der Waals surface area (Å²) in [6.07, 6.45) is 5.98. The first kappa shape index (κ1) is 26.7. The van der Waals surface area contributed by atoms with Crippen LogP contribution in [0, 0.1) is 17.2 Å². The van der Waals surface area contributed by atoms with E-state index in [4.69, 9.17) is 10.2 Å². The first-order valence-electron chi connectivity index (χ1n) is 13.1. The van der Waals surface area contributed by atoms with Gasteiger partial charge in [0.25, 0.3) is 10.0 Å². The fraction of sp³-hybridized carbons (Fsp3) is 0.429. The Morgan fingerprint density at radius 2 is 1.85 bits per heavy atom. The third-order valence-corrected chi connectivity index (χ3v) is 9.28. The van der Waals surface area contributed by atoms with Crippen molar-refractivity contribution < 1.29 is 18.3 Å². The van der Waals surface area contributed by atoms with Crippen molar-refractivity contribution in [1.82, 2.24) is 23.4 Å². The smallest absolute Gasteiger partial charge is 0.408 e. The van der Waals surface area contributed by atoms with Gasteiger partial charge >= 0.3 is 6.09 Å². The Morgan fingerprint density at radius 1 is 1.15 bits per heavy atom. The molecule has 0 radical (unpaired) electrons. The van der Waals surface area contributed by atoms with Gasteiger partial charge in [-0.15, -0.1) is 0 Å². The van der Waals surface area contributed by atoms with E-state index in [0.29, 0.717) is 34.7 Å². The molecule has 0 unspecified atom stereocenters. The first-order chi connectivity index (χ1) is 18.5. The molecular weight excluding hydrogens is 516 g/mol. The second-order valence-corrected chi connectivity index (χ2v) is 12.9. The summed E-state index contributed by atoms with van der Waals surface area (Å²) in [7, 11) is -3.88. The van der Waals surface area contributed by atoms with Crippen LogP contribution in [-0.2, 0) is 16.6 Å². The number of fused-ring (bicyclic) bond motifs is 3. The Hall–Kier alpha value is -3.91. The number of hydrogen-bond acceptors (Lipinski definition) is 6. The highest BCUT2D eigenvalue weighted by molar-refractivity contribution is 7.90. The predicted octanol–water partition coefficient (Wildman–Crippen LogP) is 5.55. The Kier molecular flexibility index (Phi) is 6.84. The number of nitrogens with zero attached hydrogens (tertiary/aromatic N) is 6. The minimum Gasteiger partial charge on any atom is -0.465 e. The van der Waals surface area contributed by atoms with E-state index < -0.39 is 21.7 Å². The molecule has 204 valence electrons. The van der Waals surface area contributed by atoms with Crippen LogP contribution in [0.5, 0.6) is 0 Å². The van der Waals surface area contributed by atoms with Gasteiger partial charge < -0.3 is 9.67 Å². The SMILES string of the molecule is CC(C)(C)N(Cc1nc2cnc3c(ccn3S(=O)(=O)c3ccccc3)c2n1[C@H]1CC[C@H](CC#N)CC1)C(=O)O. The molecule has 1 aliphatic carbocycles. The van der Waals surface area contributed by atoms with Gasteiger partial charge in [-0.25, -0.2) is 27.2 Å². The van der Waals surface area contributed by atoms with Gasteiger partial charge in [-0.2, -0.15) is 5.26 Å². The number of rotatable bonds is 6. The quantitative estimate of drug-likeness (QED) is 0.334. The zero-order valence-electron chi connectivity index (χ0n) is 22.3. The van der Waals surface area contributed by atoms with E-state index >= 15 is 0 Å². The second-order valence-electron chi connectivity index (χ2n) is 11.1. The van der Waals surface area contributed by atoms with E-state index in [1.165, 1.54) is 15.1 Å². The molecule has 5 rings (SSSR count). The van der Waals surface area contributed by atoms with Gasteiger partial charge in [0.2, 0.25) is 0 Å². The first-order valence-corrected chi connectivity index (χ1v) is 14.5. The summed E-state index contributed by atoms with van der Waals surface area (Å²) < 4.78 is 30.2. The van der Waals surface area contributed by atoms with Crippen molar-refractivity contribution in [3.8, 4) is 6.07 Å². The minimum atomic E-state index is -3.88. The summed E-state index contributed by atoms with van der Waals surface area (Å²) >= 11 is 0. The van der Waals surface area contributed by atoms with Crippen molar-refractivity contribution >= 4 is 38.2 Å². The van der Waals surface area contributed by atoms with E-state index in [1.807, 2.05) is 20.8 Å². The van der Waals surface area contributed by atoms with E-state index in [2.05, 4.69) is 15.6 Å². The van der Waals surface area contributed by atoms with Crippen LogP contribution in [0.2, 0.25) is 0 Å². The molecule has 10 nitrogen and oxygen atoms in total. The summed E-state index contributed by atoms with van der Waals surface area (Å²) in [5, 5.41) is 19.8. The highest BCUT2D eigenvalue weighted by Crippen LogP contribution is 2.39. The molecule has 4 aromatic rings. The number of hydrogen-bond donors (Lipinski definition) is 1. The van der Waals surface area contributed by atoms with Crippen LogP contribution in [0.1, 0.15) is 64.7 Å². The molecule has 11 heteroatoms. The monoisotopic (exact) mass is 548 g/mol. The van der Waals surface area contributed by atoms with Gasteiger partial charge in [-0.3, -0.25) is 4.90 Å². The van der Waals surface area contributed by atoms with Gasteiger partial charge in [0.1, 0.15) is 11.3 Å². The van der Waals surface area contributed by atoms with Crippen LogP contribution >= 0.6 is 0 Å².